The van der Waals surface area contributed by atoms with E-state index >= 15 is 0 Å². The summed E-state index contributed by atoms with van der Waals surface area (Å²) in [6, 6.07) is 13.8. The first-order valence-corrected chi connectivity index (χ1v) is 8.79. The van der Waals surface area contributed by atoms with Crippen LogP contribution in [0.25, 0.3) is 0 Å². The van der Waals surface area contributed by atoms with E-state index in [0.717, 1.165) is 6.42 Å². The van der Waals surface area contributed by atoms with E-state index in [1.165, 1.54) is 56.2 Å². The summed E-state index contributed by atoms with van der Waals surface area (Å²) in [5, 5.41) is 9.23. The van der Waals surface area contributed by atoms with Crippen LogP contribution in [0.5, 0.6) is 11.5 Å². The normalized spacial score (nSPS) is 10.5. The van der Waals surface area contributed by atoms with E-state index in [1.54, 1.807) is 12.1 Å². The Labute approximate surface area is 144 Å². The molecule has 0 aliphatic rings. The Morgan fingerprint density at radius 2 is 1.50 bits per heavy atom. The first-order valence-electron chi connectivity index (χ1n) is 8.79. The topological polar surface area (TPSA) is 46.5 Å². The molecule has 0 aliphatic carbocycles. The molecule has 2 aromatic carbocycles. The van der Waals surface area contributed by atoms with Gasteiger partial charge in [-0.05, 0) is 54.8 Å². The zero-order chi connectivity index (χ0) is 17.2. The lowest BCUT2D eigenvalue weighted by Crippen LogP contribution is -2.08. The van der Waals surface area contributed by atoms with Crippen LogP contribution in [0.2, 0.25) is 0 Å². The van der Waals surface area contributed by atoms with Crippen molar-refractivity contribution in [2.24, 2.45) is 0 Å². The van der Waals surface area contributed by atoms with Gasteiger partial charge in [-0.1, -0.05) is 51.2 Å². The van der Waals surface area contributed by atoms with Crippen LogP contribution in [-0.2, 0) is 6.42 Å². The van der Waals surface area contributed by atoms with Gasteiger partial charge in [0.25, 0.3) is 0 Å². The van der Waals surface area contributed by atoms with Gasteiger partial charge in [-0.25, -0.2) is 4.79 Å². The Hall–Kier alpha value is -2.29. The van der Waals surface area contributed by atoms with E-state index < -0.39 is 0 Å². The van der Waals surface area contributed by atoms with Crippen molar-refractivity contribution in [2.75, 3.05) is 0 Å². The Morgan fingerprint density at radius 1 is 0.875 bits per heavy atom. The van der Waals surface area contributed by atoms with Crippen molar-refractivity contribution in [3.05, 3.63) is 59.7 Å². The maximum Gasteiger partial charge on any atom is 0.343 e. The molecule has 0 atom stereocenters. The second kappa shape index (κ2) is 9.76. The molecule has 0 bridgehead atoms. The highest BCUT2D eigenvalue weighted by atomic mass is 16.5. The van der Waals surface area contributed by atoms with Crippen LogP contribution in [0.3, 0.4) is 0 Å². The van der Waals surface area contributed by atoms with Gasteiger partial charge >= 0.3 is 5.97 Å². The average Bonchev–Trinajstić information content (AvgIpc) is 2.60. The number of hydrogen-bond donors (Lipinski definition) is 1. The van der Waals surface area contributed by atoms with Crippen LogP contribution < -0.4 is 4.74 Å². The molecule has 0 spiro atoms. The lowest BCUT2D eigenvalue weighted by molar-refractivity contribution is 0.0734. The van der Waals surface area contributed by atoms with Crippen molar-refractivity contribution >= 4 is 5.97 Å². The van der Waals surface area contributed by atoms with E-state index in [-0.39, 0.29) is 11.7 Å². The van der Waals surface area contributed by atoms with Crippen LogP contribution >= 0.6 is 0 Å². The van der Waals surface area contributed by atoms with Crippen molar-refractivity contribution in [3.63, 3.8) is 0 Å². The van der Waals surface area contributed by atoms with Crippen molar-refractivity contribution in [1.82, 2.24) is 0 Å². The molecule has 3 nitrogen and oxygen atoms in total. The molecule has 0 heterocycles. The largest absolute Gasteiger partial charge is 0.508 e. The van der Waals surface area contributed by atoms with Crippen LogP contribution in [0.1, 0.15) is 61.4 Å². The average molecular weight is 326 g/mol. The number of unbranched alkanes of at least 4 members (excludes halogenated alkanes) is 5. The number of rotatable bonds is 9. The van der Waals surface area contributed by atoms with Gasteiger partial charge < -0.3 is 9.84 Å². The van der Waals surface area contributed by atoms with Gasteiger partial charge in [0.15, 0.2) is 0 Å². The van der Waals surface area contributed by atoms with E-state index in [4.69, 9.17) is 4.74 Å². The summed E-state index contributed by atoms with van der Waals surface area (Å²) < 4.78 is 5.28. The third-order valence-corrected chi connectivity index (χ3v) is 4.06. The predicted octanol–water partition coefficient (Wildman–Crippen LogP) is 5.51. The molecule has 24 heavy (non-hydrogen) atoms. The number of aryl methyl sites for hydroxylation is 1. The van der Waals surface area contributed by atoms with Gasteiger partial charge in [0.05, 0.1) is 5.56 Å². The first-order chi connectivity index (χ1) is 11.7. The number of benzene rings is 2. The monoisotopic (exact) mass is 326 g/mol. The Bertz CT molecular complexity index is 615. The Morgan fingerprint density at radius 3 is 2.17 bits per heavy atom. The van der Waals surface area contributed by atoms with Crippen molar-refractivity contribution < 1.29 is 14.6 Å². The minimum absolute atomic E-state index is 0.147. The van der Waals surface area contributed by atoms with Gasteiger partial charge in [0.2, 0.25) is 0 Å². The third kappa shape index (κ3) is 6.07. The SMILES string of the molecule is CCCCCCCCc1ccc(C(=O)Oc2ccc(O)cc2)cc1. The minimum Gasteiger partial charge on any atom is -0.508 e. The van der Waals surface area contributed by atoms with Crippen molar-refractivity contribution in [2.45, 2.75) is 51.9 Å². The molecule has 0 saturated carbocycles. The third-order valence-electron chi connectivity index (χ3n) is 4.06. The van der Waals surface area contributed by atoms with Crippen LogP contribution in [0.4, 0.5) is 0 Å². The molecule has 2 aromatic rings. The molecule has 0 amide bonds. The van der Waals surface area contributed by atoms with Gasteiger partial charge in [0.1, 0.15) is 11.5 Å². The zero-order valence-electron chi connectivity index (χ0n) is 14.3. The molecule has 2 rings (SSSR count). The molecule has 0 fully saturated rings. The van der Waals surface area contributed by atoms with Crippen LogP contribution in [-0.4, -0.2) is 11.1 Å². The zero-order valence-corrected chi connectivity index (χ0v) is 14.3. The number of phenolic OH excluding ortho intramolecular Hbond substituents is 1. The van der Waals surface area contributed by atoms with Gasteiger partial charge in [-0.2, -0.15) is 0 Å². The lowest BCUT2D eigenvalue weighted by atomic mass is 10.0. The maximum absolute atomic E-state index is 12.1. The quantitative estimate of drug-likeness (QED) is 0.375. The number of esters is 1. The summed E-state index contributed by atoms with van der Waals surface area (Å²) in [7, 11) is 0. The summed E-state index contributed by atoms with van der Waals surface area (Å²) in [6.45, 7) is 2.23. The van der Waals surface area contributed by atoms with Gasteiger partial charge in [-0.3, -0.25) is 0 Å². The van der Waals surface area contributed by atoms with E-state index in [0.29, 0.717) is 11.3 Å². The second-order valence-electron chi connectivity index (χ2n) is 6.10. The Kier molecular flexibility index (Phi) is 7.34. The summed E-state index contributed by atoms with van der Waals surface area (Å²) in [4.78, 5) is 12.1. The van der Waals surface area contributed by atoms with E-state index in [2.05, 4.69) is 6.92 Å². The van der Waals surface area contributed by atoms with E-state index in [9.17, 15) is 9.90 Å². The predicted molar refractivity (Wildman–Crippen MR) is 96.6 cm³/mol. The molecular formula is C21H26O3. The Balaban J connectivity index is 1.78. The molecule has 0 saturated heterocycles. The molecule has 0 aromatic heterocycles. The van der Waals surface area contributed by atoms with Crippen molar-refractivity contribution in [1.29, 1.82) is 0 Å². The number of hydrogen-bond acceptors (Lipinski definition) is 3. The smallest absolute Gasteiger partial charge is 0.343 e. The number of ether oxygens (including phenoxy) is 1. The molecule has 0 aliphatic heterocycles. The fourth-order valence-corrected chi connectivity index (χ4v) is 2.60. The number of phenols is 1. The molecule has 1 N–H and O–H groups in total. The summed E-state index contributed by atoms with van der Waals surface area (Å²) in [6.07, 6.45) is 8.77. The maximum atomic E-state index is 12.1. The molecule has 3 heteroatoms. The second-order valence-corrected chi connectivity index (χ2v) is 6.10. The van der Waals surface area contributed by atoms with Crippen molar-refractivity contribution in [3.8, 4) is 11.5 Å². The number of carbonyl (C=O) groups is 1. The summed E-state index contributed by atoms with van der Waals surface area (Å²) in [5.74, 6) is 0.189. The van der Waals surface area contributed by atoms with Gasteiger partial charge in [-0.15, -0.1) is 0 Å². The first kappa shape index (κ1) is 18.1. The van der Waals surface area contributed by atoms with Gasteiger partial charge in [0, 0.05) is 0 Å². The highest BCUT2D eigenvalue weighted by molar-refractivity contribution is 5.91. The lowest BCUT2D eigenvalue weighted by Gasteiger charge is -2.06. The summed E-state index contributed by atoms with van der Waals surface area (Å²) in [5.41, 5.74) is 1.79. The minimum atomic E-state index is -0.383. The van der Waals surface area contributed by atoms with E-state index in [1.807, 2.05) is 24.3 Å². The molecule has 0 unspecified atom stereocenters. The fourth-order valence-electron chi connectivity index (χ4n) is 2.60. The fraction of sp³-hybridized carbons (Fsp3) is 0.381. The highest BCUT2D eigenvalue weighted by Gasteiger charge is 2.08. The molecular weight excluding hydrogens is 300 g/mol. The van der Waals surface area contributed by atoms with Crippen LogP contribution in [0.15, 0.2) is 48.5 Å². The molecule has 0 radical (unpaired) electrons. The number of aromatic hydroxyl groups is 1. The summed E-state index contributed by atoms with van der Waals surface area (Å²) >= 11 is 0. The van der Waals surface area contributed by atoms with Crippen LogP contribution in [0, 0.1) is 0 Å². The molecule has 128 valence electrons. The standard InChI is InChI=1S/C21H26O3/c1-2-3-4-5-6-7-8-17-9-11-18(12-10-17)21(23)24-20-15-13-19(22)14-16-20/h9-16,22H,2-8H2,1H3. The highest BCUT2D eigenvalue weighted by Crippen LogP contribution is 2.18. The number of carbonyl (C=O) groups excluding carboxylic acids is 1.